The normalized spacial score (nSPS) is 16.3. The van der Waals surface area contributed by atoms with E-state index >= 15 is 0 Å². The fourth-order valence-electron chi connectivity index (χ4n) is 4.45. The Bertz CT molecular complexity index is 970. The average Bonchev–Trinajstić information content (AvgIpc) is 3.48. The lowest BCUT2D eigenvalue weighted by Gasteiger charge is -2.29. The maximum Gasteiger partial charge on any atom is 0.228 e. The Morgan fingerprint density at radius 2 is 1.87 bits per heavy atom. The van der Waals surface area contributed by atoms with Gasteiger partial charge in [0.1, 0.15) is 6.26 Å². The van der Waals surface area contributed by atoms with Crippen LogP contribution in [0.5, 0.6) is 0 Å². The van der Waals surface area contributed by atoms with Crippen LogP contribution in [-0.2, 0) is 11.3 Å². The summed E-state index contributed by atoms with van der Waals surface area (Å²) in [4.78, 5) is 18.0. The predicted molar refractivity (Wildman–Crippen MR) is 119 cm³/mol. The molecule has 1 heterocycles. The van der Waals surface area contributed by atoms with E-state index < -0.39 is 5.92 Å². The van der Waals surface area contributed by atoms with E-state index in [0.29, 0.717) is 28.4 Å². The Hall–Kier alpha value is -2.30. The number of hydrogen-bond donors (Lipinski definition) is 1. The first-order valence-corrected chi connectivity index (χ1v) is 11.0. The monoisotopic (exact) mass is 442 g/mol. The number of aromatic nitrogens is 1. The maximum atomic E-state index is 13.5. The van der Waals surface area contributed by atoms with Gasteiger partial charge in [0.05, 0.1) is 28.1 Å². The molecule has 1 aromatic heterocycles. The number of benzene rings is 2. The van der Waals surface area contributed by atoms with Gasteiger partial charge in [-0.15, -0.1) is 0 Å². The van der Waals surface area contributed by atoms with Crippen LogP contribution in [0.25, 0.3) is 0 Å². The fraction of sp³-hybridized carbons (Fsp3) is 0.333. The lowest BCUT2D eigenvalue weighted by atomic mass is 9.76. The van der Waals surface area contributed by atoms with Gasteiger partial charge in [-0.1, -0.05) is 72.4 Å². The van der Waals surface area contributed by atoms with Crippen molar-refractivity contribution < 1.29 is 9.21 Å². The van der Waals surface area contributed by atoms with Crippen molar-refractivity contribution in [2.24, 2.45) is 5.92 Å². The number of hydrogen-bond acceptors (Lipinski definition) is 3. The molecule has 1 fully saturated rings. The molecule has 2 aromatic carbocycles. The smallest absolute Gasteiger partial charge is 0.228 e. The summed E-state index contributed by atoms with van der Waals surface area (Å²) in [5, 5.41) is 4.02. The largest absolute Gasteiger partial charge is 0.449 e. The Balaban J connectivity index is 1.69. The zero-order valence-electron chi connectivity index (χ0n) is 16.6. The SMILES string of the molecule is O=C(NCc1ccccc1)C(c1ccc(Cl)c(Cl)c1)C(c1ncco1)C1CCCC1. The van der Waals surface area contributed by atoms with Crippen molar-refractivity contribution in [3.8, 4) is 0 Å². The van der Waals surface area contributed by atoms with Gasteiger partial charge >= 0.3 is 0 Å². The summed E-state index contributed by atoms with van der Waals surface area (Å²) in [6, 6.07) is 15.3. The molecule has 0 aliphatic heterocycles. The molecule has 4 nitrogen and oxygen atoms in total. The van der Waals surface area contributed by atoms with Gasteiger partial charge in [-0.25, -0.2) is 4.98 Å². The van der Waals surface area contributed by atoms with Gasteiger partial charge in [-0.3, -0.25) is 4.79 Å². The molecule has 0 bridgehead atoms. The number of carbonyl (C=O) groups is 1. The van der Waals surface area contributed by atoms with Crippen molar-refractivity contribution in [1.82, 2.24) is 10.3 Å². The Morgan fingerprint density at radius 3 is 2.53 bits per heavy atom. The molecule has 1 aliphatic rings. The topological polar surface area (TPSA) is 55.1 Å². The molecule has 1 amide bonds. The second kappa shape index (κ2) is 9.67. The molecule has 2 atom stereocenters. The Kier molecular flexibility index (Phi) is 6.76. The second-order valence-electron chi connectivity index (χ2n) is 7.80. The van der Waals surface area contributed by atoms with Crippen molar-refractivity contribution in [2.45, 2.75) is 44.1 Å². The summed E-state index contributed by atoms with van der Waals surface area (Å²) in [7, 11) is 0. The molecule has 2 unspecified atom stereocenters. The molecule has 30 heavy (non-hydrogen) atoms. The number of rotatable bonds is 7. The summed E-state index contributed by atoms with van der Waals surface area (Å²) >= 11 is 12.5. The Morgan fingerprint density at radius 1 is 1.10 bits per heavy atom. The number of nitrogens with one attached hydrogen (secondary N) is 1. The molecule has 6 heteroatoms. The zero-order chi connectivity index (χ0) is 20.9. The van der Waals surface area contributed by atoms with E-state index in [0.717, 1.165) is 36.8 Å². The van der Waals surface area contributed by atoms with Gasteiger partial charge in [0.25, 0.3) is 0 Å². The first-order chi connectivity index (χ1) is 14.6. The van der Waals surface area contributed by atoms with E-state index in [4.69, 9.17) is 27.6 Å². The minimum atomic E-state index is -0.467. The lowest BCUT2D eigenvalue weighted by molar-refractivity contribution is -0.123. The fourth-order valence-corrected chi connectivity index (χ4v) is 4.76. The number of oxazole rings is 1. The van der Waals surface area contributed by atoms with E-state index in [2.05, 4.69) is 10.3 Å². The second-order valence-corrected chi connectivity index (χ2v) is 8.61. The molecule has 3 aromatic rings. The molecule has 1 N–H and O–H groups in total. The highest BCUT2D eigenvalue weighted by atomic mass is 35.5. The van der Waals surface area contributed by atoms with Crippen molar-refractivity contribution in [3.63, 3.8) is 0 Å². The van der Waals surface area contributed by atoms with E-state index in [1.807, 2.05) is 36.4 Å². The molecule has 1 saturated carbocycles. The number of halogens is 2. The van der Waals surface area contributed by atoms with Crippen molar-refractivity contribution in [3.05, 3.63) is 88.1 Å². The molecular weight excluding hydrogens is 419 g/mol. The quantitative estimate of drug-likeness (QED) is 0.463. The van der Waals surface area contributed by atoms with Gasteiger partial charge in [-0.2, -0.15) is 0 Å². The van der Waals surface area contributed by atoms with E-state index in [1.54, 1.807) is 24.6 Å². The molecule has 0 spiro atoms. The summed E-state index contributed by atoms with van der Waals surface area (Å²) in [6.07, 6.45) is 7.63. The highest BCUT2D eigenvalue weighted by Gasteiger charge is 2.40. The minimum Gasteiger partial charge on any atom is -0.449 e. The van der Waals surface area contributed by atoms with E-state index in [9.17, 15) is 4.79 Å². The van der Waals surface area contributed by atoms with Gasteiger partial charge in [0.15, 0.2) is 5.89 Å². The van der Waals surface area contributed by atoms with Crippen LogP contribution in [0.1, 0.15) is 54.5 Å². The average molecular weight is 443 g/mol. The van der Waals surface area contributed by atoms with Crippen LogP contribution < -0.4 is 5.32 Å². The third-order valence-electron chi connectivity index (χ3n) is 5.90. The molecule has 0 radical (unpaired) electrons. The zero-order valence-corrected chi connectivity index (χ0v) is 18.1. The van der Waals surface area contributed by atoms with Crippen LogP contribution in [0.3, 0.4) is 0 Å². The third kappa shape index (κ3) is 4.71. The van der Waals surface area contributed by atoms with Crippen LogP contribution in [0.4, 0.5) is 0 Å². The summed E-state index contributed by atoms with van der Waals surface area (Å²) in [6.45, 7) is 0.459. The first-order valence-electron chi connectivity index (χ1n) is 10.3. The number of nitrogens with zero attached hydrogens (tertiary/aromatic N) is 1. The first kappa shape index (κ1) is 21.0. The molecule has 0 saturated heterocycles. The maximum absolute atomic E-state index is 13.5. The third-order valence-corrected chi connectivity index (χ3v) is 6.64. The van der Waals surface area contributed by atoms with Gasteiger partial charge < -0.3 is 9.73 Å². The van der Waals surface area contributed by atoms with Crippen LogP contribution in [0.2, 0.25) is 10.0 Å². The lowest BCUT2D eigenvalue weighted by Crippen LogP contribution is -2.34. The van der Waals surface area contributed by atoms with E-state index in [1.165, 1.54) is 0 Å². The summed E-state index contributed by atoms with van der Waals surface area (Å²) in [5.74, 6) is 0.242. The van der Waals surface area contributed by atoms with Crippen LogP contribution in [0, 0.1) is 5.92 Å². The molecular formula is C24H24Cl2N2O2. The van der Waals surface area contributed by atoms with Crippen LogP contribution >= 0.6 is 23.2 Å². The van der Waals surface area contributed by atoms with Crippen molar-refractivity contribution in [2.75, 3.05) is 0 Å². The van der Waals surface area contributed by atoms with Crippen LogP contribution in [0.15, 0.2) is 65.4 Å². The predicted octanol–water partition coefficient (Wildman–Crippen LogP) is 6.36. The van der Waals surface area contributed by atoms with Gasteiger partial charge in [0, 0.05) is 6.54 Å². The van der Waals surface area contributed by atoms with Gasteiger partial charge in [-0.05, 0) is 42.0 Å². The molecule has 1 aliphatic carbocycles. The molecule has 156 valence electrons. The minimum absolute atomic E-state index is 0.0626. The molecule has 4 rings (SSSR count). The van der Waals surface area contributed by atoms with Crippen molar-refractivity contribution in [1.29, 1.82) is 0 Å². The number of carbonyl (C=O) groups excluding carboxylic acids is 1. The summed E-state index contributed by atoms with van der Waals surface area (Å²) in [5.41, 5.74) is 1.87. The van der Waals surface area contributed by atoms with E-state index in [-0.39, 0.29) is 11.8 Å². The van der Waals surface area contributed by atoms with Crippen LogP contribution in [-0.4, -0.2) is 10.9 Å². The summed E-state index contributed by atoms with van der Waals surface area (Å²) < 4.78 is 5.73. The highest BCUT2D eigenvalue weighted by Crippen LogP contribution is 2.46. The van der Waals surface area contributed by atoms with Crippen molar-refractivity contribution >= 4 is 29.1 Å². The van der Waals surface area contributed by atoms with Gasteiger partial charge in [0.2, 0.25) is 5.91 Å². The standard InChI is InChI=1S/C24H24Cl2N2O2/c25-19-11-10-18(14-20(19)26)21(23(29)28-15-16-6-2-1-3-7-16)22(17-8-4-5-9-17)24-27-12-13-30-24/h1-3,6-7,10-14,17,21-22H,4-5,8-9,15H2,(H,28,29). The Labute approximate surface area is 186 Å². The highest BCUT2D eigenvalue weighted by molar-refractivity contribution is 6.42. The number of amides is 1.